The maximum Gasteiger partial charge on any atom is 0.342 e. The molecule has 2 aromatic rings. The largest absolute Gasteiger partial charge is 0.495 e. The van der Waals surface area contributed by atoms with Crippen LogP contribution in [0.3, 0.4) is 0 Å². The maximum atomic E-state index is 13.6. The van der Waals surface area contributed by atoms with Gasteiger partial charge in [0.25, 0.3) is 0 Å². The van der Waals surface area contributed by atoms with Crippen LogP contribution in [-0.2, 0) is 14.4 Å². The lowest BCUT2D eigenvalue weighted by molar-refractivity contribution is -0.132. The highest BCUT2D eigenvalue weighted by Crippen LogP contribution is 2.56. The first kappa shape index (κ1) is 19.5. The van der Waals surface area contributed by atoms with Gasteiger partial charge in [0.15, 0.2) is 11.5 Å². The minimum Gasteiger partial charge on any atom is -0.495 e. The van der Waals surface area contributed by atoms with Crippen LogP contribution in [0, 0.1) is 5.92 Å². The molecule has 0 radical (unpaired) electrons. The van der Waals surface area contributed by atoms with Gasteiger partial charge in [-0.1, -0.05) is 36.0 Å². The Morgan fingerprint density at radius 1 is 0.968 bits per heavy atom. The van der Waals surface area contributed by atoms with Crippen LogP contribution in [0.4, 0.5) is 5.69 Å². The molecule has 0 aliphatic carbocycles. The molecular formula is C22H18N2O6S. The van der Waals surface area contributed by atoms with Crippen molar-refractivity contribution in [3.8, 4) is 17.2 Å². The van der Waals surface area contributed by atoms with Gasteiger partial charge < -0.3 is 19.9 Å². The molecule has 1 saturated heterocycles. The third kappa shape index (κ3) is 2.66. The molecule has 3 aliphatic heterocycles. The number of hydrogen-bond acceptors (Lipinski definition) is 8. The number of esters is 1. The number of nitrogens with two attached hydrogens (primary N) is 1. The minimum absolute atomic E-state index is 0.188. The van der Waals surface area contributed by atoms with Gasteiger partial charge in [-0.15, -0.1) is 0 Å². The second-order valence-corrected chi connectivity index (χ2v) is 8.46. The molecule has 0 saturated carbocycles. The Morgan fingerprint density at radius 3 is 2.42 bits per heavy atom. The fourth-order valence-corrected chi connectivity index (χ4v) is 5.70. The number of ether oxygens (including phenoxy) is 3. The van der Waals surface area contributed by atoms with Gasteiger partial charge in [0, 0.05) is 11.5 Å². The quantitative estimate of drug-likeness (QED) is 0.441. The van der Waals surface area contributed by atoms with E-state index in [1.165, 1.54) is 14.2 Å². The number of amides is 2. The number of carbonyl (C=O) groups is 3. The Bertz CT molecular complexity index is 1180. The zero-order valence-corrected chi connectivity index (χ0v) is 17.5. The third-order valence-electron chi connectivity index (χ3n) is 5.79. The van der Waals surface area contributed by atoms with Crippen molar-refractivity contribution in [3.05, 3.63) is 58.6 Å². The van der Waals surface area contributed by atoms with Gasteiger partial charge in [-0.25, -0.2) is 9.69 Å². The van der Waals surface area contributed by atoms with Gasteiger partial charge >= 0.3 is 5.97 Å². The topological polar surface area (TPSA) is 108 Å². The van der Waals surface area contributed by atoms with Crippen LogP contribution >= 0.6 is 11.8 Å². The van der Waals surface area contributed by atoms with Crippen molar-refractivity contribution in [2.24, 2.45) is 11.7 Å². The van der Waals surface area contributed by atoms with Gasteiger partial charge in [-0.3, -0.25) is 9.59 Å². The molecule has 1 fully saturated rings. The molecule has 31 heavy (non-hydrogen) atoms. The Balaban J connectivity index is 1.68. The zero-order valence-electron chi connectivity index (χ0n) is 16.7. The number of fused-ring (bicyclic) bond motifs is 5. The lowest BCUT2D eigenvalue weighted by Crippen LogP contribution is -2.39. The highest BCUT2D eigenvalue weighted by molar-refractivity contribution is 8.04. The first-order valence-corrected chi connectivity index (χ1v) is 10.4. The van der Waals surface area contributed by atoms with E-state index >= 15 is 0 Å². The molecule has 2 aromatic carbocycles. The number of imide groups is 1. The summed E-state index contributed by atoms with van der Waals surface area (Å²) in [6.45, 7) is 0. The average Bonchev–Trinajstić information content (AvgIpc) is 3.02. The summed E-state index contributed by atoms with van der Waals surface area (Å²) in [6.07, 6.45) is 0. The van der Waals surface area contributed by atoms with Crippen molar-refractivity contribution in [2.45, 2.75) is 11.2 Å². The molecule has 0 unspecified atom stereocenters. The summed E-state index contributed by atoms with van der Waals surface area (Å²) >= 11 is 1.03. The second-order valence-electron chi connectivity index (χ2n) is 7.27. The maximum absolute atomic E-state index is 13.6. The Hall–Kier alpha value is -3.46. The van der Waals surface area contributed by atoms with Crippen molar-refractivity contribution in [1.29, 1.82) is 0 Å². The number of para-hydroxylation sites is 3. The van der Waals surface area contributed by atoms with Crippen LogP contribution in [0.2, 0.25) is 0 Å². The molecule has 8 nitrogen and oxygen atoms in total. The van der Waals surface area contributed by atoms with Gasteiger partial charge in [0.1, 0.15) is 11.0 Å². The lowest BCUT2D eigenvalue weighted by Gasteiger charge is -2.36. The van der Waals surface area contributed by atoms with Gasteiger partial charge in [-0.05, 0) is 18.2 Å². The SMILES string of the molecule is COc1ccccc1N1C(=O)[C@H]2[C@@H]3C(=C(N)S[C@H]2C1=O)C(=O)Oc1c(OC)cccc13. The molecule has 0 bridgehead atoms. The molecule has 9 heteroatoms. The fourth-order valence-electron chi connectivity index (χ4n) is 4.47. The number of rotatable bonds is 3. The predicted molar refractivity (Wildman–Crippen MR) is 113 cm³/mol. The van der Waals surface area contributed by atoms with E-state index in [4.69, 9.17) is 19.9 Å². The number of carbonyl (C=O) groups excluding carboxylic acids is 3. The van der Waals surface area contributed by atoms with E-state index in [2.05, 4.69) is 0 Å². The lowest BCUT2D eigenvalue weighted by atomic mass is 9.77. The highest BCUT2D eigenvalue weighted by atomic mass is 32.2. The molecule has 5 rings (SSSR count). The fraction of sp³-hybridized carbons (Fsp3) is 0.227. The minimum atomic E-state index is -0.816. The molecule has 3 heterocycles. The van der Waals surface area contributed by atoms with E-state index in [9.17, 15) is 14.4 Å². The van der Waals surface area contributed by atoms with Gasteiger partial charge in [-0.2, -0.15) is 0 Å². The van der Waals surface area contributed by atoms with Crippen molar-refractivity contribution in [3.63, 3.8) is 0 Å². The van der Waals surface area contributed by atoms with Crippen LogP contribution in [0.1, 0.15) is 11.5 Å². The van der Waals surface area contributed by atoms with Crippen LogP contribution in [0.25, 0.3) is 0 Å². The number of benzene rings is 2. The molecule has 0 aromatic heterocycles. The molecule has 2 amide bonds. The molecular weight excluding hydrogens is 420 g/mol. The third-order valence-corrected chi connectivity index (χ3v) is 7.01. The van der Waals surface area contributed by atoms with Crippen LogP contribution in [0.5, 0.6) is 17.2 Å². The number of thioether (sulfide) groups is 1. The number of nitrogens with zero attached hydrogens (tertiary/aromatic N) is 1. The smallest absolute Gasteiger partial charge is 0.342 e. The summed E-state index contributed by atoms with van der Waals surface area (Å²) in [6, 6.07) is 12.0. The van der Waals surface area contributed by atoms with Crippen LogP contribution in [-0.4, -0.2) is 37.3 Å². The number of hydrogen-bond donors (Lipinski definition) is 1. The average molecular weight is 438 g/mol. The van der Waals surface area contributed by atoms with Crippen LogP contribution in [0.15, 0.2) is 53.1 Å². The first-order valence-electron chi connectivity index (χ1n) is 9.54. The summed E-state index contributed by atoms with van der Waals surface area (Å²) in [5.74, 6) is -1.95. The monoisotopic (exact) mass is 438 g/mol. The molecule has 3 aliphatic rings. The predicted octanol–water partition coefficient (Wildman–Crippen LogP) is 2.18. The van der Waals surface area contributed by atoms with Gasteiger partial charge in [0.2, 0.25) is 11.8 Å². The Labute approximate surface area is 181 Å². The molecule has 0 spiro atoms. The Kier molecular flexibility index (Phi) is 4.44. The summed E-state index contributed by atoms with van der Waals surface area (Å²) in [5, 5.41) is -0.580. The normalized spacial score (nSPS) is 24.4. The van der Waals surface area contributed by atoms with E-state index in [0.717, 1.165) is 16.7 Å². The Morgan fingerprint density at radius 2 is 1.68 bits per heavy atom. The summed E-state index contributed by atoms with van der Waals surface area (Å²) < 4.78 is 16.2. The standard InChI is InChI=1S/C22H18N2O6S/c1-28-12-8-4-3-7-11(12)24-20(25)15-14-10-6-5-9-13(29-2)17(10)30-22(27)16(14)19(23)31-18(15)21(24)26/h3-9,14-15,18H,23H2,1-2H3/t14-,15+,18-/m1/s1. The van der Waals surface area contributed by atoms with E-state index in [0.29, 0.717) is 22.7 Å². The van der Waals surface area contributed by atoms with Crippen molar-refractivity contribution in [1.82, 2.24) is 0 Å². The zero-order chi connectivity index (χ0) is 21.9. The number of anilines is 1. The second kappa shape index (κ2) is 7.05. The number of methoxy groups -OCH3 is 2. The summed E-state index contributed by atoms with van der Waals surface area (Å²) in [4.78, 5) is 41.0. The van der Waals surface area contributed by atoms with E-state index in [-0.39, 0.29) is 16.4 Å². The van der Waals surface area contributed by atoms with E-state index < -0.39 is 34.9 Å². The first-order chi connectivity index (χ1) is 15.0. The highest BCUT2D eigenvalue weighted by Gasteiger charge is 2.59. The molecule has 158 valence electrons. The van der Waals surface area contributed by atoms with Crippen LogP contribution < -0.4 is 24.8 Å². The van der Waals surface area contributed by atoms with Gasteiger partial charge in [0.05, 0.1) is 36.4 Å². The summed E-state index contributed by atoms with van der Waals surface area (Å²) in [5.41, 5.74) is 7.37. The summed E-state index contributed by atoms with van der Waals surface area (Å²) in [7, 11) is 2.94. The van der Waals surface area contributed by atoms with E-state index in [1.807, 2.05) is 0 Å². The van der Waals surface area contributed by atoms with Crippen molar-refractivity contribution in [2.75, 3.05) is 19.1 Å². The van der Waals surface area contributed by atoms with Crippen molar-refractivity contribution >= 4 is 35.2 Å². The van der Waals surface area contributed by atoms with E-state index in [1.54, 1.807) is 42.5 Å². The molecule has 2 N–H and O–H groups in total. The molecule has 3 atom stereocenters. The van der Waals surface area contributed by atoms with Crippen molar-refractivity contribution < 1.29 is 28.6 Å².